The number of carbonyl (C=O) groups is 1. The highest BCUT2D eigenvalue weighted by molar-refractivity contribution is 9.10. The summed E-state index contributed by atoms with van der Waals surface area (Å²) < 4.78 is 6.99. The zero-order valence-electron chi connectivity index (χ0n) is 13.8. The quantitative estimate of drug-likeness (QED) is 0.765. The number of rotatable bonds is 5. The minimum Gasteiger partial charge on any atom is -0.476 e. The SMILES string of the molecule is Cl.O=C(NC1CCNCC1)C(Oc1ccc(Br)cc1)c1ccccc1. The summed E-state index contributed by atoms with van der Waals surface area (Å²) in [6.45, 7) is 1.88. The molecule has 0 radical (unpaired) electrons. The standard InChI is InChI=1S/C19H21BrN2O2.ClH/c20-15-6-8-17(9-7-15)24-18(14-4-2-1-3-5-14)19(23)22-16-10-12-21-13-11-16;/h1-9,16,18,21H,10-13H2,(H,22,23);1H. The van der Waals surface area contributed by atoms with Gasteiger partial charge in [-0.3, -0.25) is 4.79 Å². The molecule has 2 N–H and O–H groups in total. The molecule has 1 saturated heterocycles. The van der Waals surface area contributed by atoms with E-state index in [1.54, 1.807) is 0 Å². The van der Waals surface area contributed by atoms with Crippen LogP contribution in [-0.2, 0) is 4.79 Å². The van der Waals surface area contributed by atoms with E-state index in [0.717, 1.165) is 36.0 Å². The molecule has 2 aromatic carbocycles. The predicted octanol–water partition coefficient (Wildman–Crippen LogP) is 3.86. The summed E-state index contributed by atoms with van der Waals surface area (Å²) in [6.07, 6.45) is 1.25. The summed E-state index contributed by atoms with van der Waals surface area (Å²) in [5.74, 6) is 0.587. The number of hydrogen-bond donors (Lipinski definition) is 2. The van der Waals surface area contributed by atoms with Crippen LogP contribution in [0.15, 0.2) is 59.1 Å². The molecular formula is C19H22BrClN2O2. The van der Waals surface area contributed by atoms with Crippen molar-refractivity contribution < 1.29 is 9.53 Å². The van der Waals surface area contributed by atoms with E-state index in [0.29, 0.717) is 5.75 Å². The van der Waals surface area contributed by atoms with Crippen LogP contribution in [0.1, 0.15) is 24.5 Å². The van der Waals surface area contributed by atoms with Gasteiger partial charge in [0.1, 0.15) is 5.75 Å². The Morgan fingerprint density at radius 3 is 2.36 bits per heavy atom. The van der Waals surface area contributed by atoms with Crippen molar-refractivity contribution in [3.8, 4) is 5.75 Å². The molecule has 6 heteroatoms. The summed E-state index contributed by atoms with van der Waals surface area (Å²) in [5.41, 5.74) is 0.854. The van der Waals surface area contributed by atoms with Crippen molar-refractivity contribution in [2.75, 3.05) is 13.1 Å². The fourth-order valence-corrected chi connectivity index (χ4v) is 3.06. The van der Waals surface area contributed by atoms with Crippen LogP contribution in [0, 0.1) is 0 Å². The van der Waals surface area contributed by atoms with Gasteiger partial charge in [-0.2, -0.15) is 0 Å². The van der Waals surface area contributed by atoms with E-state index in [1.165, 1.54) is 0 Å². The maximum Gasteiger partial charge on any atom is 0.266 e. The largest absolute Gasteiger partial charge is 0.476 e. The first kappa shape index (κ1) is 19.8. The summed E-state index contributed by atoms with van der Waals surface area (Å²) in [7, 11) is 0. The third kappa shape index (κ3) is 5.73. The topological polar surface area (TPSA) is 50.4 Å². The number of benzene rings is 2. The maximum atomic E-state index is 12.8. The third-order valence-corrected chi connectivity index (χ3v) is 4.62. The minimum absolute atomic E-state index is 0. The number of halogens is 2. The Morgan fingerprint density at radius 2 is 1.72 bits per heavy atom. The molecule has 1 heterocycles. The lowest BCUT2D eigenvalue weighted by Crippen LogP contribution is -2.45. The predicted molar refractivity (Wildman–Crippen MR) is 105 cm³/mol. The van der Waals surface area contributed by atoms with Crippen molar-refractivity contribution in [1.29, 1.82) is 0 Å². The number of ether oxygens (including phenoxy) is 1. The van der Waals surface area contributed by atoms with Crippen LogP contribution in [0.25, 0.3) is 0 Å². The smallest absolute Gasteiger partial charge is 0.266 e. The van der Waals surface area contributed by atoms with Gasteiger partial charge < -0.3 is 15.4 Å². The van der Waals surface area contributed by atoms with Crippen LogP contribution < -0.4 is 15.4 Å². The average molecular weight is 426 g/mol. The highest BCUT2D eigenvalue weighted by atomic mass is 79.9. The Labute approximate surface area is 162 Å². The highest BCUT2D eigenvalue weighted by Gasteiger charge is 2.25. The van der Waals surface area contributed by atoms with E-state index >= 15 is 0 Å². The molecule has 2 aromatic rings. The first-order valence-corrected chi connectivity index (χ1v) is 9.00. The Kier molecular flexibility index (Phi) is 7.75. The van der Waals surface area contributed by atoms with Gasteiger partial charge in [-0.1, -0.05) is 46.3 Å². The average Bonchev–Trinajstić information content (AvgIpc) is 2.63. The van der Waals surface area contributed by atoms with Gasteiger partial charge in [-0.25, -0.2) is 0 Å². The van der Waals surface area contributed by atoms with E-state index in [4.69, 9.17) is 4.74 Å². The summed E-state index contributed by atoms with van der Waals surface area (Å²) in [5, 5.41) is 6.44. The molecule has 0 aliphatic carbocycles. The third-order valence-electron chi connectivity index (χ3n) is 4.09. The van der Waals surface area contributed by atoms with E-state index in [1.807, 2.05) is 54.6 Å². The molecule has 1 atom stereocenters. The normalized spacial score (nSPS) is 15.7. The minimum atomic E-state index is -0.651. The summed E-state index contributed by atoms with van der Waals surface area (Å²) in [6, 6.07) is 17.4. The summed E-state index contributed by atoms with van der Waals surface area (Å²) in [4.78, 5) is 12.8. The van der Waals surface area contributed by atoms with Gasteiger partial charge in [-0.15, -0.1) is 12.4 Å². The molecular weight excluding hydrogens is 404 g/mol. The van der Waals surface area contributed by atoms with Gasteiger partial charge in [-0.05, 0) is 50.2 Å². The van der Waals surface area contributed by atoms with Gasteiger partial charge in [0, 0.05) is 16.1 Å². The van der Waals surface area contributed by atoms with E-state index < -0.39 is 6.10 Å². The second kappa shape index (κ2) is 9.80. The fourth-order valence-electron chi connectivity index (χ4n) is 2.79. The van der Waals surface area contributed by atoms with Crippen LogP contribution >= 0.6 is 28.3 Å². The Hall–Kier alpha value is -1.56. The van der Waals surface area contributed by atoms with Crippen molar-refractivity contribution in [2.45, 2.75) is 25.0 Å². The van der Waals surface area contributed by atoms with Crippen molar-refractivity contribution >= 4 is 34.2 Å². The van der Waals surface area contributed by atoms with Gasteiger partial charge in [0.05, 0.1) is 0 Å². The zero-order chi connectivity index (χ0) is 16.8. The Morgan fingerprint density at radius 1 is 1.08 bits per heavy atom. The van der Waals surface area contributed by atoms with Crippen molar-refractivity contribution in [2.24, 2.45) is 0 Å². The van der Waals surface area contributed by atoms with E-state index in [9.17, 15) is 4.79 Å². The lowest BCUT2D eigenvalue weighted by Gasteiger charge is -2.26. The number of piperidine rings is 1. The molecule has 0 spiro atoms. The van der Waals surface area contributed by atoms with Gasteiger partial charge in [0.25, 0.3) is 5.91 Å². The molecule has 4 nitrogen and oxygen atoms in total. The monoisotopic (exact) mass is 424 g/mol. The Balaban J connectivity index is 0.00000225. The molecule has 1 aliphatic heterocycles. The van der Waals surface area contributed by atoms with Crippen molar-refractivity contribution in [1.82, 2.24) is 10.6 Å². The van der Waals surface area contributed by atoms with Crippen LogP contribution in [0.4, 0.5) is 0 Å². The molecule has 0 saturated carbocycles. The lowest BCUT2D eigenvalue weighted by molar-refractivity contribution is -0.129. The van der Waals surface area contributed by atoms with Gasteiger partial charge in [0.2, 0.25) is 6.10 Å². The number of nitrogens with one attached hydrogen (secondary N) is 2. The first-order chi connectivity index (χ1) is 11.7. The van der Waals surface area contributed by atoms with Crippen LogP contribution in [0.2, 0.25) is 0 Å². The van der Waals surface area contributed by atoms with E-state index in [2.05, 4.69) is 26.6 Å². The molecule has 0 aromatic heterocycles. The molecule has 25 heavy (non-hydrogen) atoms. The van der Waals surface area contributed by atoms with Crippen molar-refractivity contribution in [3.63, 3.8) is 0 Å². The van der Waals surface area contributed by atoms with Crippen molar-refractivity contribution in [3.05, 3.63) is 64.6 Å². The van der Waals surface area contributed by atoms with Gasteiger partial charge in [0.15, 0.2) is 0 Å². The first-order valence-electron chi connectivity index (χ1n) is 8.20. The fraction of sp³-hybridized carbons (Fsp3) is 0.316. The van der Waals surface area contributed by atoms with E-state index in [-0.39, 0.29) is 24.4 Å². The molecule has 1 amide bonds. The molecule has 1 unspecified atom stereocenters. The molecule has 1 aliphatic rings. The second-order valence-electron chi connectivity index (χ2n) is 5.90. The van der Waals surface area contributed by atoms with Gasteiger partial charge >= 0.3 is 0 Å². The molecule has 134 valence electrons. The van der Waals surface area contributed by atoms with Crippen LogP contribution in [-0.4, -0.2) is 25.0 Å². The molecule has 0 bridgehead atoms. The second-order valence-corrected chi connectivity index (χ2v) is 6.81. The number of hydrogen-bond acceptors (Lipinski definition) is 3. The van der Waals surface area contributed by atoms with Crippen LogP contribution in [0.5, 0.6) is 5.75 Å². The van der Waals surface area contributed by atoms with Crippen LogP contribution in [0.3, 0.4) is 0 Å². The molecule has 3 rings (SSSR count). The molecule has 1 fully saturated rings. The number of amides is 1. The maximum absolute atomic E-state index is 12.8. The Bertz CT molecular complexity index is 661. The number of carbonyl (C=O) groups excluding carboxylic acids is 1. The lowest BCUT2D eigenvalue weighted by atomic mass is 10.0. The zero-order valence-corrected chi connectivity index (χ0v) is 16.2. The summed E-state index contributed by atoms with van der Waals surface area (Å²) >= 11 is 3.41. The highest BCUT2D eigenvalue weighted by Crippen LogP contribution is 2.24.